The minimum atomic E-state index is 0.348. The van der Waals surface area contributed by atoms with Crippen molar-refractivity contribution in [2.75, 3.05) is 32.2 Å². The third kappa shape index (κ3) is 4.74. The van der Waals surface area contributed by atoms with Crippen LogP contribution in [0.3, 0.4) is 0 Å². The average Bonchev–Trinajstić information content (AvgIpc) is 2.24. The van der Waals surface area contributed by atoms with E-state index in [0.717, 1.165) is 0 Å². The van der Waals surface area contributed by atoms with Gasteiger partial charge in [-0.3, -0.25) is 0 Å². The predicted molar refractivity (Wildman–Crippen MR) is 62.7 cm³/mol. The fourth-order valence-corrected chi connectivity index (χ4v) is 1.35. The number of halogens is 1. The second-order valence-corrected chi connectivity index (χ2v) is 3.44. The largest absolute Gasteiger partial charge is 0.380 e. The van der Waals surface area contributed by atoms with Gasteiger partial charge >= 0.3 is 0 Å². The van der Waals surface area contributed by atoms with Crippen molar-refractivity contribution in [1.82, 2.24) is 9.97 Å². The number of ether oxygens (including phenoxy) is 2. The van der Waals surface area contributed by atoms with Gasteiger partial charge in [-0.05, 0) is 6.92 Å². The Morgan fingerprint density at radius 1 is 1.44 bits per heavy atom. The topological polar surface area (TPSA) is 56.3 Å². The molecule has 90 valence electrons. The molecule has 1 aromatic heterocycles. The Morgan fingerprint density at radius 3 is 2.94 bits per heavy atom. The SMILES string of the molecule is CCOCCNc1cc(Cl)nc(COC)n1. The lowest BCUT2D eigenvalue weighted by atomic mass is 10.5. The van der Waals surface area contributed by atoms with Crippen LogP contribution in [0.15, 0.2) is 6.07 Å². The van der Waals surface area contributed by atoms with Crippen molar-refractivity contribution in [1.29, 1.82) is 0 Å². The Bertz CT molecular complexity index is 323. The molecule has 0 atom stereocenters. The van der Waals surface area contributed by atoms with Crippen LogP contribution in [0.1, 0.15) is 12.7 Å². The van der Waals surface area contributed by atoms with Gasteiger partial charge in [0.2, 0.25) is 0 Å². The first-order valence-electron chi connectivity index (χ1n) is 5.10. The van der Waals surface area contributed by atoms with Crippen LogP contribution in [0, 0.1) is 0 Å². The summed E-state index contributed by atoms with van der Waals surface area (Å²) in [6, 6.07) is 1.67. The second-order valence-electron chi connectivity index (χ2n) is 3.05. The summed E-state index contributed by atoms with van der Waals surface area (Å²) in [6.07, 6.45) is 0. The number of nitrogens with one attached hydrogen (secondary N) is 1. The molecular formula is C10H16ClN3O2. The van der Waals surface area contributed by atoms with Gasteiger partial charge in [0, 0.05) is 26.3 Å². The monoisotopic (exact) mass is 245 g/mol. The van der Waals surface area contributed by atoms with Gasteiger partial charge in [-0.2, -0.15) is 0 Å². The van der Waals surface area contributed by atoms with Crippen LogP contribution in [-0.2, 0) is 16.1 Å². The van der Waals surface area contributed by atoms with E-state index >= 15 is 0 Å². The van der Waals surface area contributed by atoms with Crippen LogP contribution in [0.5, 0.6) is 0 Å². The van der Waals surface area contributed by atoms with Crippen LogP contribution in [0.4, 0.5) is 5.82 Å². The third-order valence-electron chi connectivity index (χ3n) is 1.77. The second kappa shape index (κ2) is 7.38. The fourth-order valence-electron chi connectivity index (χ4n) is 1.14. The van der Waals surface area contributed by atoms with Crippen LogP contribution < -0.4 is 5.32 Å². The number of aromatic nitrogens is 2. The van der Waals surface area contributed by atoms with E-state index in [4.69, 9.17) is 21.1 Å². The molecule has 0 aromatic carbocycles. The molecule has 6 heteroatoms. The molecule has 0 fully saturated rings. The molecule has 1 N–H and O–H groups in total. The number of hydrogen-bond acceptors (Lipinski definition) is 5. The van der Waals surface area contributed by atoms with Crippen molar-refractivity contribution >= 4 is 17.4 Å². The van der Waals surface area contributed by atoms with Gasteiger partial charge in [0.05, 0.1) is 6.61 Å². The normalized spacial score (nSPS) is 10.4. The van der Waals surface area contributed by atoms with E-state index < -0.39 is 0 Å². The van der Waals surface area contributed by atoms with Crippen molar-refractivity contribution < 1.29 is 9.47 Å². The van der Waals surface area contributed by atoms with E-state index in [-0.39, 0.29) is 0 Å². The summed E-state index contributed by atoms with van der Waals surface area (Å²) in [5.74, 6) is 1.25. The van der Waals surface area contributed by atoms with Gasteiger partial charge in [0.25, 0.3) is 0 Å². The number of hydrogen-bond donors (Lipinski definition) is 1. The highest BCUT2D eigenvalue weighted by molar-refractivity contribution is 6.29. The van der Waals surface area contributed by atoms with Gasteiger partial charge in [-0.15, -0.1) is 0 Å². The van der Waals surface area contributed by atoms with Crippen LogP contribution >= 0.6 is 11.6 Å². The molecule has 0 spiro atoms. The van der Waals surface area contributed by atoms with E-state index in [1.165, 1.54) is 0 Å². The first-order chi connectivity index (χ1) is 7.76. The molecule has 0 bridgehead atoms. The maximum Gasteiger partial charge on any atom is 0.158 e. The van der Waals surface area contributed by atoms with Crippen molar-refractivity contribution in [3.05, 3.63) is 17.0 Å². The van der Waals surface area contributed by atoms with E-state index in [1.54, 1.807) is 13.2 Å². The van der Waals surface area contributed by atoms with E-state index in [9.17, 15) is 0 Å². The lowest BCUT2D eigenvalue weighted by molar-refractivity contribution is 0.158. The van der Waals surface area contributed by atoms with Crippen LogP contribution in [0.25, 0.3) is 0 Å². The summed E-state index contributed by atoms with van der Waals surface area (Å²) in [6.45, 7) is 4.34. The Morgan fingerprint density at radius 2 is 2.25 bits per heavy atom. The molecule has 0 aliphatic heterocycles. The molecule has 5 nitrogen and oxygen atoms in total. The van der Waals surface area contributed by atoms with Crippen molar-refractivity contribution in [3.8, 4) is 0 Å². The average molecular weight is 246 g/mol. The summed E-state index contributed by atoms with van der Waals surface area (Å²) in [5, 5.41) is 3.51. The van der Waals surface area contributed by atoms with Gasteiger partial charge < -0.3 is 14.8 Å². The summed E-state index contributed by atoms with van der Waals surface area (Å²) in [5.41, 5.74) is 0. The maximum absolute atomic E-state index is 5.85. The molecule has 0 unspecified atom stereocenters. The lowest BCUT2D eigenvalue weighted by Gasteiger charge is -2.07. The molecule has 0 saturated carbocycles. The van der Waals surface area contributed by atoms with E-state index in [0.29, 0.717) is 43.2 Å². The lowest BCUT2D eigenvalue weighted by Crippen LogP contribution is -2.11. The van der Waals surface area contributed by atoms with Gasteiger partial charge in [-0.1, -0.05) is 11.6 Å². The fraction of sp³-hybridized carbons (Fsp3) is 0.600. The molecule has 16 heavy (non-hydrogen) atoms. The smallest absolute Gasteiger partial charge is 0.158 e. The van der Waals surface area contributed by atoms with Crippen LogP contribution in [0.2, 0.25) is 5.15 Å². The zero-order valence-electron chi connectivity index (χ0n) is 9.49. The molecule has 1 rings (SSSR count). The van der Waals surface area contributed by atoms with Gasteiger partial charge in [-0.25, -0.2) is 9.97 Å². The predicted octanol–water partition coefficient (Wildman–Crippen LogP) is 1.72. The summed E-state index contributed by atoms with van der Waals surface area (Å²) < 4.78 is 10.1. The summed E-state index contributed by atoms with van der Waals surface area (Å²) >= 11 is 5.85. The molecule has 0 saturated heterocycles. The molecule has 0 aliphatic carbocycles. The van der Waals surface area contributed by atoms with Crippen molar-refractivity contribution in [2.45, 2.75) is 13.5 Å². The Kier molecular flexibility index (Phi) is 6.07. The number of methoxy groups -OCH3 is 1. The number of rotatable bonds is 7. The first-order valence-corrected chi connectivity index (χ1v) is 5.48. The zero-order valence-corrected chi connectivity index (χ0v) is 10.3. The van der Waals surface area contributed by atoms with Crippen molar-refractivity contribution in [3.63, 3.8) is 0 Å². The number of nitrogens with zero attached hydrogens (tertiary/aromatic N) is 2. The number of anilines is 1. The third-order valence-corrected chi connectivity index (χ3v) is 1.96. The molecule has 0 aliphatic rings. The van der Waals surface area contributed by atoms with Gasteiger partial charge in [0.15, 0.2) is 5.82 Å². The maximum atomic E-state index is 5.85. The molecule has 1 aromatic rings. The van der Waals surface area contributed by atoms with E-state index in [1.807, 2.05) is 6.92 Å². The molecule has 1 heterocycles. The minimum absolute atomic E-state index is 0.348. The highest BCUT2D eigenvalue weighted by Gasteiger charge is 2.02. The zero-order chi connectivity index (χ0) is 11.8. The quantitative estimate of drug-likeness (QED) is 0.586. The molecule has 0 radical (unpaired) electrons. The first kappa shape index (κ1) is 13.2. The van der Waals surface area contributed by atoms with Gasteiger partial charge in [0.1, 0.15) is 17.6 Å². The Labute approximate surface area is 100 Å². The highest BCUT2D eigenvalue weighted by atomic mass is 35.5. The summed E-state index contributed by atoms with van der Waals surface area (Å²) in [4.78, 5) is 8.26. The van der Waals surface area contributed by atoms with Crippen LogP contribution in [-0.4, -0.2) is 36.8 Å². The Balaban J connectivity index is 2.51. The highest BCUT2D eigenvalue weighted by Crippen LogP contribution is 2.11. The molecule has 0 amide bonds. The standard InChI is InChI=1S/C10H16ClN3O2/c1-3-16-5-4-12-9-6-8(11)13-10(14-9)7-15-2/h6H,3-5,7H2,1-2H3,(H,12,13,14). The Hall–Kier alpha value is -0.910. The molecular weight excluding hydrogens is 230 g/mol. The van der Waals surface area contributed by atoms with E-state index in [2.05, 4.69) is 15.3 Å². The van der Waals surface area contributed by atoms with Crippen molar-refractivity contribution in [2.24, 2.45) is 0 Å². The summed E-state index contributed by atoms with van der Waals surface area (Å²) in [7, 11) is 1.59. The minimum Gasteiger partial charge on any atom is -0.380 e.